The number of benzene rings is 1. The van der Waals surface area contributed by atoms with Gasteiger partial charge in [-0.25, -0.2) is 4.98 Å². The van der Waals surface area contributed by atoms with Gasteiger partial charge in [-0.2, -0.15) is 0 Å². The molecule has 0 bridgehead atoms. The molecule has 1 N–H and O–H groups in total. The highest BCUT2D eigenvalue weighted by Gasteiger charge is 2.26. The summed E-state index contributed by atoms with van der Waals surface area (Å²) in [6.07, 6.45) is 3.87. The fourth-order valence-corrected chi connectivity index (χ4v) is 4.52. The van der Waals surface area contributed by atoms with Gasteiger partial charge in [-0.1, -0.05) is 18.2 Å². The summed E-state index contributed by atoms with van der Waals surface area (Å²) < 4.78 is 6.71. The number of anilines is 1. The molecule has 6 heteroatoms. The van der Waals surface area contributed by atoms with Crippen LogP contribution in [0.1, 0.15) is 53.6 Å². The van der Waals surface area contributed by atoms with Gasteiger partial charge in [-0.15, -0.1) is 0 Å². The van der Waals surface area contributed by atoms with Gasteiger partial charge in [0, 0.05) is 24.3 Å². The van der Waals surface area contributed by atoms with Crippen LogP contribution in [0.3, 0.4) is 0 Å². The lowest BCUT2D eigenvalue weighted by Crippen LogP contribution is -2.34. The number of furan rings is 1. The highest BCUT2D eigenvalue weighted by molar-refractivity contribution is 9.10. The van der Waals surface area contributed by atoms with Crippen molar-refractivity contribution >= 4 is 27.5 Å². The van der Waals surface area contributed by atoms with E-state index in [0.29, 0.717) is 0 Å². The average molecular weight is 482 g/mol. The van der Waals surface area contributed by atoms with E-state index in [1.54, 1.807) is 0 Å². The molecular weight excluding hydrogens is 454 g/mol. The molecule has 1 amide bonds. The van der Waals surface area contributed by atoms with Crippen LogP contribution < -0.4 is 10.2 Å². The Balaban J connectivity index is 1.66. The summed E-state index contributed by atoms with van der Waals surface area (Å²) in [5.41, 5.74) is 4.18. The standard InChI is InChI=1S/C25H28BrN3O2/c1-17-9-11-20(21(15-17)29-13-4-3-5-14-29)25(22-12-10-18(2)31-22)28-24(30)16-19-7-6-8-23(26)27-19/h6-12,15,25H,3-5,13-14,16H2,1-2H3,(H,28,30). The van der Waals surface area contributed by atoms with Gasteiger partial charge in [0.1, 0.15) is 22.2 Å². The topological polar surface area (TPSA) is 58.4 Å². The van der Waals surface area contributed by atoms with Crippen molar-refractivity contribution in [1.82, 2.24) is 10.3 Å². The molecule has 2 aromatic heterocycles. The Morgan fingerprint density at radius 2 is 1.94 bits per heavy atom. The van der Waals surface area contributed by atoms with Gasteiger partial charge >= 0.3 is 0 Å². The summed E-state index contributed by atoms with van der Waals surface area (Å²) in [7, 11) is 0. The molecule has 1 saturated heterocycles. The molecule has 1 aromatic carbocycles. The van der Waals surface area contributed by atoms with Gasteiger partial charge in [0.25, 0.3) is 0 Å². The van der Waals surface area contributed by atoms with E-state index in [2.05, 4.69) is 56.3 Å². The zero-order chi connectivity index (χ0) is 21.8. The Morgan fingerprint density at radius 1 is 1.13 bits per heavy atom. The molecule has 1 fully saturated rings. The number of hydrogen-bond acceptors (Lipinski definition) is 4. The summed E-state index contributed by atoms with van der Waals surface area (Å²) in [6, 6.07) is 15.6. The number of nitrogens with one attached hydrogen (secondary N) is 1. The van der Waals surface area contributed by atoms with E-state index in [0.717, 1.165) is 40.5 Å². The average Bonchev–Trinajstić information content (AvgIpc) is 3.19. The zero-order valence-electron chi connectivity index (χ0n) is 18.0. The lowest BCUT2D eigenvalue weighted by atomic mass is 9.98. The first-order valence-electron chi connectivity index (χ1n) is 10.8. The summed E-state index contributed by atoms with van der Waals surface area (Å²) >= 11 is 3.38. The van der Waals surface area contributed by atoms with E-state index < -0.39 is 0 Å². The maximum Gasteiger partial charge on any atom is 0.226 e. The van der Waals surface area contributed by atoms with Crippen LogP contribution in [-0.4, -0.2) is 24.0 Å². The fraction of sp³-hybridized carbons (Fsp3) is 0.360. The predicted octanol–water partition coefficient (Wildman–Crippen LogP) is 5.49. The van der Waals surface area contributed by atoms with Gasteiger partial charge < -0.3 is 14.6 Å². The third kappa shape index (κ3) is 5.37. The highest BCUT2D eigenvalue weighted by Crippen LogP contribution is 2.34. The second kappa shape index (κ2) is 9.69. The van der Waals surface area contributed by atoms with Crippen LogP contribution in [-0.2, 0) is 11.2 Å². The molecule has 1 unspecified atom stereocenters. The number of carbonyl (C=O) groups is 1. The molecule has 1 aliphatic heterocycles. The Labute approximate surface area is 192 Å². The number of carbonyl (C=O) groups excluding carboxylic acids is 1. The third-order valence-electron chi connectivity index (χ3n) is 5.66. The second-order valence-corrected chi connectivity index (χ2v) is 9.00. The SMILES string of the molecule is Cc1ccc(C(NC(=O)Cc2cccc(Br)n2)c2ccc(C)o2)c(N2CCCCC2)c1. The minimum atomic E-state index is -0.356. The molecule has 3 heterocycles. The quantitative estimate of drug-likeness (QED) is 0.472. The number of nitrogens with zero attached hydrogens (tertiary/aromatic N) is 2. The number of hydrogen-bond donors (Lipinski definition) is 1. The van der Waals surface area contributed by atoms with E-state index >= 15 is 0 Å². The molecule has 0 radical (unpaired) electrons. The van der Waals surface area contributed by atoms with E-state index in [1.165, 1.54) is 30.5 Å². The van der Waals surface area contributed by atoms with Gasteiger partial charge in [0.2, 0.25) is 5.91 Å². The summed E-state index contributed by atoms with van der Waals surface area (Å²) in [4.78, 5) is 19.9. The molecule has 0 saturated carbocycles. The molecular formula is C25H28BrN3O2. The van der Waals surface area contributed by atoms with Crippen LogP contribution in [0.4, 0.5) is 5.69 Å². The molecule has 3 aromatic rings. The fourth-order valence-electron chi connectivity index (χ4n) is 4.14. The van der Waals surface area contributed by atoms with Crippen molar-refractivity contribution in [3.05, 3.63) is 81.5 Å². The lowest BCUT2D eigenvalue weighted by Gasteiger charge is -2.32. The highest BCUT2D eigenvalue weighted by atomic mass is 79.9. The first-order valence-corrected chi connectivity index (χ1v) is 11.6. The number of amides is 1. The third-order valence-corrected chi connectivity index (χ3v) is 6.10. The van der Waals surface area contributed by atoms with Crippen molar-refractivity contribution in [2.24, 2.45) is 0 Å². The van der Waals surface area contributed by atoms with Gasteiger partial charge in [0.15, 0.2) is 0 Å². The van der Waals surface area contributed by atoms with E-state index in [4.69, 9.17) is 4.42 Å². The number of aromatic nitrogens is 1. The number of piperidine rings is 1. The number of halogens is 1. The summed E-state index contributed by atoms with van der Waals surface area (Å²) in [5.74, 6) is 1.49. The van der Waals surface area contributed by atoms with E-state index in [9.17, 15) is 4.79 Å². The first kappa shape index (κ1) is 21.6. The van der Waals surface area contributed by atoms with Crippen LogP contribution >= 0.6 is 15.9 Å². The molecule has 1 atom stereocenters. The Morgan fingerprint density at radius 3 is 2.65 bits per heavy atom. The van der Waals surface area contributed by atoms with Crippen LogP contribution in [0.2, 0.25) is 0 Å². The summed E-state index contributed by atoms with van der Waals surface area (Å²) in [5, 5.41) is 3.22. The molecule has 0 spiro atoms. The molecule has 162 valence electrons. The van der Waals surface area contributed by atoms with Gasteiger partial charge in [0.05, 0.1) is 12.1 Å². The Bertz CT molecular complexity index is 1060. The van der Waals surface area contributed by atoms with Crippen LogP contribution in [0, 0.1) is 13.8 Å². The largest absolute Gasteiger partial charge is 0.464 e. The van der Waals surface area contributed by atoms with Crippen LogP contribution in [0.5, 0.6) is 0 Å². The number of pyridine rings is 1. The minimum absolute atomic E-state index is 0.0881. The van der Waals surface area contributed by atoms with E-state index in [1.807, 2.05) is 37.3 Å². The first-order chi connectivity index (χ1) is 15.0. The number of rotatable bonds is 6. The molecule has 5 nitrogen and oxygen atoms in total. The molecule has 4 rings (SSSR count). The van der Waals surface area contributed by atoms with Crippen molar-refractivity contribution in [3.63, 3.8) is 0 Å². The minimum Gasteiger partial charge on any atom is -0.464 e. The normalized spacial score (nSPS) is 15.0. The molecule has 31 heavy (non-hydrogen) atoms. The predicted molar refractivity (Wildman–Crippen MR) is 126 cm³/mol. The monoisotopic (exact) mass is 481 g/mol. The smallest absolute Gasteiger partial charge is 0.226 e. The van der Waals surface area contributed by atoms with Crippen molar-refractivity contribution in [3.8, 4) is 0 Å². The second-order valence-electron chi connectivity index (χ2n) is 8.19. The van der Waals surface area contributed by atoms with Crippen LogP contribution in [0.15, 0.2) is 57.6 Å². The van der Waals surface area contributed by atoms with Crippen LogP contribution in [0.25, 0.3) is 0 Å². The zero-order valence-corrected chi connectivity index (χ0v) is 19.6. The lowest BCUT2D eigenvalue weighted by molar-refractivity contribution is -0.121. The van der Waals surface area contributed by atoms with Crippen molar-refractivity contribution in [2.45, 2.75) is 45.6 Å². The van der Waals surface area contributed by atoms with Crippen molar-refractivity contribution in [2.75, 3.05) is 18.0 Å². The molecule has 1 aliphatic rings. The van der Waals surface area contributed by atoms with Crippen molar-refractivity contribution in [1.29, 1.82) is 0 Å². The van der Waals surface area contributed by atoms with Gasteiger partial charge in [-0.3, -0.25) is 4.79 Å². The Hall–Kier alpha value is -2.60. The van der Waals surface area contributed by atoms with E-state index in [-0.39, 0.29) is 18.4 Å². The number of aryl methyl sites for hydroxylation is 2. The maximum absolute atomic E-state index is 13.0. The Kier molecular flexibility index (Phi) is 6.76. The maximum atomic E-state index is 13.0. The van der Waals surface area contributed by atoms with Gasteiger partial charge in [-0.05, 0) is 84.9 Å². The summed E-state index contributed by atoms with van der Waals surface area (Å²) in [6.45, 7) is 6.11. The molecule has 0 aliphatic carbocycles. The van der Waals surface area contributed by atoms with Crippen molar-refractivity contribution < 1.29 is 9.21 Å².